The molecule has 2 amide bonds. The number of anilines is 1. The van der Waals surface area contributed by atoms with Crippen LogP contribution in [0.1, 0.15) is 25.7 Å². The Morgan fingerprint density at radius 1 is 1.37 bits per heavy atom. The highest BCUT2D eigenvalue weighted by atomic mass is 32.1. The number of fused-ring (bicyclic) bond motifs is 1. The minimum Gasteiger partial charge on any atom is -0.383 e. The van der Waals surface area contributed by atoms with Gasteiger partial charge in [-0.1, -0.05) is 0 Å². The number of piperidine rings is 1. The van der Waals surface area contributed by atoms with E-state index in [2.05, 4.69) is 21.6 Å². The summed E-state index contributed by atoms with van der Waals surface area (Å²) in [4.78, 5) is 16.8. The molecule has 1 aliphatic heterocycles. The molecular weight excluding hydrogens is 360 g/mol. The van der Waals surface area contributed by atoms with Gasteiger partial charge < -0.3 is 19.9 Å². The van der Waals surface area contributed by atoms with E-state index in [9.17, 15) is 4.79 Å². The second kappa shape index (κ2) is 10.0. The number of methoxy groups -OCH3 is 1. The third-order valence-corrected chi connectivity index (χ3v) is 6.11. The van der Waals surface area contributed by atoms with Crippen LogP contribution in [0.5, 0.6) is 0 Å². The van der Waals surface area contributed by atoms with E-state index in [0.29, 0.717) is 0 Å². The van der Waals surface area contributed by atoms with Gasteiger partial charge in [-0.3, -0.25) is 0 Å². The van der Waals surface area contributed by atoms with Crippen LogP contribution in [0.3, 0.4) is 0 Å². The molecule has 1 aromatic heterocycles. The van der Waals surface area contributed by atoms with Gasteiger partial charge in [-0.2, -0.15) is 4.37 Å². The lowest BCUT2D eigenvalue weighted by Crippen LogP contribution is -2.41. The first-order valence-corrected chi connectivity index (χ1v) is 10.5. The Morgan fingerprint density at radius 3 is 2.96 bits per heavy atom. The van der Waals surface area contributed by atoms with E-state index in [1.54, 1.807) is 7.11 Å². The number of likely N-dealkylation sites (tertiary alicyclic amines) is 1. The summed E-state index contributed by atoms with van der Waals surface area (Å²) in [6, 6.07) is 5.96. The van der Waals surface area contributed by atoms with Crippen LogP contribution in [-0.4, -0.2) is 67.1 Å². The van der Waals surface area contributed by atoms with Crippen molar-refractivity contribution >= 4 is 33.3 Å². The molecule has 0 spiro atoms. The number of nitrogens with one attached hydrogen (secondary N) is 1. The first-order valence-electron chi connectivity index (χ1n) is 9.73. The molecular formula is C20H30N4O2S. The van der Waals surface area contributed by atoms with Gasteiger partial charge in [-0.05, 0) is 74.9 Å². The van der Waals surface area contributed by atoms with Crippen molar-refractivity contribution in [3.8, 4) is 0 Å². The van der Waals surface area contributed by atoms with E-state index in [1.807, 2.05) is 29.3 Å². The van der Waals surface area contributed by atoms with Crippen LogP contribution in [0.25, 0.3) is 10.1 Å². The predicted molar refractivity (Wildman–Crippen MR) is 112 cm³/mol. The summed E-state index contributed by atoms with van der Waals surface area (Å²) in [7, 11) is 3.89. The number of carbonyl (C=O) groups excluding carboxylic acids is 1. The molecule has 7 heteroatoms. The molecule has 148 valence electrons. The number of hydrogen-bond acceptors (Lipinski definition) is 5. The Hall–Kier alpha value is -1.70. The van der Waals surface area contributed by atoms with E-state index in [4.69, 9.17) is 4.74 Å². The molecule has 3 rings (SSSR count). The van der Waals surface area contributed by atoms with Crippen molar-refractivity contribution in [2.45, 2.75) is 25.7 Å². The predicted octanol–water partition coefficient (Wildman–Crippen LogP) is 3.90. The fourth-order valence-electron chi connectivity index (χ4n) is 3.59. The van der Waals surface area contributed by atoms with Gasteiger partial charge in [0.25, 0.3) is 0 Å². The Balaban J connectivity index is 1.37. The van der Waals surface area contributed by atoms with Crippen LogP contribution in [0.2, 0.25) is 0 Å². The summed E-state index contributed by atoms with van der Waals surface area (Å²) in [6.07, 6.45) is 6.50. The van der Waals surface area contributed by atoms with Gasteiger partial charge in [0.05, 0.1) is 11.3 Å². The van der Waals surface area contributed by atoms with Crippen molar-refractivity contribution in [1.82, 2.24) is 14.2 Å². The lowest BCUT2D eigenvalue weighted by Gasteiger charge is -2.32. The standard InChI is InChI=1S/C20H30N4O2S/c1-23(12-13-26-2)9-3-4-16-7-10-24(11-8-16)20(25)22-18-5-6-19-17(14-18)15-21-27-19/h5-6,14-16H,3-4,7-13H2,1-2H3,(H,22,25). The number of ether oxygens (including phenoxy) is 1. The van der Waals surface area contributed by atoms with Crippen LogP contribution < -0.4 is 5.32 Å². The summed E-state index contributed by atoms with van der Waals surface area (Å²) < 4.78 is 10.4. The molecule has 27 heavy (non-hydrogen) atoms. The van der Waals surface area contributed by atoms with Gasteiger partial charge in [0, 0.05) is 44.0 Å². The van der Waals surface area contributed by atoms with E-state index in [0.717, 1.165) is 67.3 Å². The third-order valence-electron chi connectivity index (χ3n) is 5.33. The van der Waals surface area contributed by atoms with Crippen molar-refractivity contribution in [3.05, 3.63) is 24.4 Å². The minimum atomic E-state index is 0.00953. The molecule has 0 radical (unpaired) electrons. The highest BCUT2D eigenvalue weighted by Gasteiger charge is 2.22. The summed E-state index contributed by atoms with van der Waals surface area (Å²) in [5, 5.41) is 4.11. The first kappa shape index (κ1) is 20.0. The van der Waals surface area contributed by atoms with Crippen molar-refractivity contribution in [2.24, 2.45) is 5.92 Å². The zero-order valence-electron chi connectivity index (χ0n) is 16.3. The first-order chi connectivity index (χ1) is 13.2. The molecule has 2 heterocycles. The molecule has 1 fully saturated rings. The third kappa shape index (κ3) is 5.89. The average Bonchev–Trinajstić information content (AvgIpc) is 3.14. The van der Waals surface area contributed by atoms with Gasteiger partial charge in [0.1, 0.15) is 0 Å². The van der Waals surface area contributed by atoms with Gasteiger partial charge in [0.2, 0.25) is 0 Å². The molecule has 0 unspecified atom stereocenters. The molecule has 0 bridgehead atoms. The quantitative estimate of drug-likeness (QED) is 0.743. The molecule has 0 atom stereocenters. The van der Waals surface area contributed by atoms with Crippen LogP contribution in [0.4, 0.5) is 10.5 Å². The van der Waals surface area contributed by atoms with E-state index in [-0.39, 0.29) is 6.03 Å². The number of likely N-dealkylation sites (N-methyl/N-ethyl adjacent to an activating group) is 1. The topological polar surface area (TPSA) is 57.7 Å². The van der Waals surface area contributed by atoms with Crippen molar-refractivity contribution in [2.75, 3.05) is 52.3 Å². The van der Waals surface area contributed by atoms with Crippen molar-refractivity contribution in [3.63, 3.8) is 0 Å². The number of benzene rings is 1. The highest BCUT2D eigenvalue weighted by molar-refractivity contribution is 7.13. The summed E-state index contributed by atoms with van der Waals surface area (Å²) in [5.74, 6) is 0.734. The number of hydrogen-bond donors (Lipinski definition) is 1. The number of aromatic nitrogens is 1. The Morgan fingerprint density at radius 2 is 2.19 bits per heavy atom. The van der Waals surface area contributed by atoms with E-state index in [1.165, 1.54) is 24.4 Å². The molecule has 1 N–H and O–H groups in total. The Bertz CT molecular complexity index is 728. The van der Waals surface area contributed by atoms with Crippen LogP contribution in [-0.2, 0) is 4.74 Å². The highest BCUT2D eigenvalue weighted by Crippen LogP contribution is 2.24. The summed E-state index contributed by atoms with van der Waals surface area (Å²) in [6.45, 7) is 4.59. The number of carbonyl (C=O) groups is 1. The lowest BCUT2D eigenvalue weighted by atomic mass is 9.92. The number of amides is 2. The Labute approximate surface area is 165 Å². The summed E-state index contributed by atoms with van der Waals surface area (Å²) >= 11 is 1.47. The largest absolute Gasteiger partial charge is 0.383 e. The average molecular weight is 391 g/mol. The van der Waals surface area contributed by atoms with Gasteiger partial charge in [-0.25, -0.2) is 4.79 Å². The smallest absolute Gasteiger partial charge is 0.321 e. The zero-order chi connectivity index (χ0) is 19.1. The monoisotopic (exact) mass is 390 g/mol. The molecule has 0 aliphatic carbocycles. The second-order valence-electron chi connectivity index (χ2n) is 7.38. The maximum absolute atomic E-state index is 12.5. The SMILES string of the molecule is COCCN(C)CCCC1CCN(C(=O)Nc2ccc3sncc3c2)CC1. The lowest BCUT2D eigenvalue weighted by molar-refractivity contribution is 0.155. The number of rotatable bonds is 8. The van der Waals surface area contributed by atoms with Gasteiger partial charge in [0.15, 0.2) is 0 Å². The van der Waals surface area contributed by atoms with Crippen molar-refractivity contribution in [1.29, 1.82) is 0 Å². The van der Waals surface area contributed by atoms with Crippen molar-refractivity contribution < 1.29 is 9.53 Å². The summed E-state index contributed by atoms with van der Waals surface area (Å²) in [5.41, 5.74) is 0.842. The normalized spacial score (nSPS) is 15.6. The number of urea groups is 1. The molecule has 1 saturated heterocycles. The molecule has 6 nitrogen and oxygen atoms in total. The second-order valence-corrected chi connectivity index (χ2v) is 8.21. The van der Waals surface area contributed by atoms with Crippen LogP contribution in [0.15, 0.2) is 24.4 Å². The molecule has 1 aromatic carbocycles. The fraction of sp³-hybridized carbons (Fsp3) is 0.600. The van der Waals surface area contributed by atoms with Gasteiger partial charge in [-0.15, -0.1) is 0 Å². The van der Waals surface area contributed by atoms with Gasteiger partial charge >= 0.3 is 6.03 Å². The minimum absolute atomic E-state index is 0.00953. The molecule has 0 saturated carbocycles. The maximum Gasteiger partial charge on any atom is 0.321 e. The van der Waals surface area contributed by atoms with E-state index >= 15 is 0 Å². The Kier molecular flexibility index (Phi) is 7.43. The van der Waals surface area contributed by atoms with Crippen LogP contribution in [0, 0.1) is 5.92 Å². The maximum atomic E-state index is 12.5. The fourth-order valence-corrected chi connectivity index (χ4v) is 4.21. The number of nitrogens with zero attached hydrogens (tertiary/aromatic N) is 3. The zero-order valence-corrected chi connectivity index (χ0v) is 17.1. The van der Waals surface area contributed by atoms with Crippen LogP contribution >= 0.6 is 11.5 Å². The molecule has 2 aromatic rings. The molecule has 1 aliphatic rings. The van der Waals surface area contributed by atoms with E-state index < -0.39 is 0 Å².